The standard InChI is InChI=1S/C12H15NO2.ClH/c1-8(2)7-11(13)9-5-3-4-6-10(9)12(14)15;/h3-6,11H,1,7,13H2,2H3,(H,14,15);1H/t11-;/m1./s1. The average Bonchev–Trinajstić information content (AvgIpc) is 2.16. The van der Waals surface area contributed by atoms with Crippen LogP contribution in [0.2, 0.25) is 0 Å². The molecule has 0 saturated heterocycles. The molecule has 3 nitrogen and oxygen atoms in total. The van der Waals surface area contributed by atoms with E-state index in [0.717, 1.165) is 5.57 Å². The molecule has 0 heterocycles. The third kappa shape index (κ3) is 3.68. The van der Waals surface area contributed by atoms with E-state index in [-0.39, 0.29) is 24.0 Å². The van der Waals surface area contributed by atoms with E-state index < -0.39 is 5.97 Å². The Balaban J connectivity index is 0.00000225. The van der Waals surface area contributed by atoms with E-state index in [2.05, 4.69) is 6.58 Å². The van der Waals surface area contributed by atoms with Crippen LogP contribution in [0.3, 0.4) is 0 Å². The fourth-order valence-corrected chi connectivity index (χ4v) is 1.50. The van der Waals surface area contributed by atoms with Crippen LogP contribution in [0, 0.1) is 0 Å². The van der Waals surface area contributed by atoms with E-state index in [4.69, 9.17) is 10.8 Å². The highest BCUT2D eigenvalue weighted by Gasteiger charge is 2.14. The first kappa shape index (κ1) is 14.7. The van der Waals surface area contributed by atoms with Gasteiger partial charge in [0.2, 0.25) is 0 Å². The molecule has 1 aromatic carbocycles. The molecule has 0 amide bonds. The zero-order chi connectivity index (χ0) is 11.4. The van der Waals surface area contributed by atoms with Crippen molar-refractivity contribution >= 4 is 18.4 Å². The number of nitrogens with two attached hydrogens (primary N) is 1. The van der Waals surface area contributed by atoms with Gasteiger partial charge in [-0.25, -0.2) is 4.79 Å². The van der Waals surface area contributed by atoms with Gasteiger partial charge in [-0.2, -0.15) is 0 Å². The Morgan fingerprint density at radius 3 is 2.56 bits per heavy atom. The lowest BCUT2D eigenvalue weighted by Crippen LogP contribution is -2.15. The van der Waals surface area contributed by atoms with Gasteiger partial charge in [0.15, 0.2) is 0 Å². The number of carbonyl (C=O) groups is 1. The molecule has 0 aromatic heterocycles. The smallest absolute Gasteiger partial charge is 0.336 e. The van der Waals surface area contributed by atoms with Gasteiger partial charge in [-0.05, 0) is 25.0 Å². The summed E-state index contributed by atoms with van der Waals surface area (Å²) in [6.07, 6.45) is 0.601. The zero-order valence-electron chi connectivity index (χ0n) is 9.14. The summed E-state index contributed by atoms with van der Waals surface area (Å²) in [6.45, 7) is 5.65. The van der Waals surface area contributed by atoms with Gasteiger partial charge in [0.05, 0.1) is 5.56 Å². The van der Waals surface area contributed by atoms with Gasteiger partial charge in [0.25, 0.3) is 0 Å². The molecule has 0 saturated carbocycles. The molecule has 1 aromatic rings. The van der Waals surface area contributed by atoms with Gasteiger partial charge >= 0.3 is 5.97 Å². The fraction of sp³-hybridized carbons (Fsp3) is 0.250. The van der Waals surface area contributed by atoms with Crippen molar-refractivity contribution in [1.82, 2.24) is 0 Å². The molecular weight excluding hydrogens is 226 g/mol. The second-order valence-electron chi connectivity index (χ2n) is 3.66. The van der Waals surface area contributed by atoms with Crippen LogP contribution in [0.4, 0.5) is 0 Å². The predicted molar refractivity (Wildman–Crippen MR) is 67.0 cm³/mol. The van der Waals surface area contributed by atoms with Crippen LogP contribution in [-0.4, -0.2) is 11.1 Å². The third-order valence-electron chi connectivity index (χ3n) is 2.16. The van der Waals surface area contributed by atoms with Crippen molar-refractivity contribution in [3.05, 3.63) is 47.5 Å². The maximum absolute atomic E-state index is 10.9. The normalized spacial score (nSPS) is 11.4. The molecule has 0 fully saturated rings. The number of carboxylic acid groups (broad SMARTS) is 1. The Kier molecular flexibility index (Phi) is 5.78. The van der Waals surface area contributed by atoms with E-state index >= 15 is 0 Å². The predicted octanol–water partition coefficient (Wildman–Crippen LogP) is 2.77. The summed E-state index contributed by atoms with van der Waals surface area (Å²) >= 11 is 0. The largest absolute Gasteiger partial charge is 0.478 e. The Morgan fingerprint density at radius 2 is 2.06 bits per heavy atom. The summed E-state index contributed by atoms with van der Waals surface area (Å²) in [7, 11) is 0. The lowest BCUT2D eigenvalue weighted by atomic mass is 9.96. The number of carboxylic acids is 1. The molecule has 0 spiro atoms. The van der Waals surface area contributed by atoms with Crippen molar-refractivity contribution in [1.29, 1.82) is 0 Å². The fourth-order valence-electron chi connectivity index (χ4n) is 1.50. The number of benzene rings is 1. The maximum atomic E-state index is 10.9. The summed E-state index contributed by atoms with van der Waals surface area (Å²) in [5.74, 6) is -0.942. The van der Waals surface area contributed by atoms with Gasteiger partial charge < -0.3 is 10.8 Å². The highest BCUT2D eigenvalue weighted by atomic mass is 35.5. The molecule has 0 radical (unpaired) electrons. The quantitative estimate of drug-likeness (QED) is 0.797. The summed E-state index contributed by atoms with van der Waals surface area (Å²) < 4.78 is 0. The average molecular weight is 242 g/mol. The SMILES string of the molecule is C=C(C)C[C@@H](N)c1ccccc1C(=O)O.Cl. The summed E-state index contributed by atoms with van der Waals surface area (Å²) in [6, 6.07) is 6.50. The minimum absolute atomic E-state index is 0. The summed E-state index contributed by atoms with van der Waals surface area (Å²) in [5, 5.41) is 8.97. The van der Waals surface area contributed by atoms with Crippen LogP contribution in [0.1, 0.15) is 35.3 Å². The third-order valence-corrected chi connectivity index (χ3v) is 2.16. The number of hydrogen-bond acceptors (Lipinski definition) is 2. The zero-order valence-corrected chi connectivity index (χ0v) is 9.96. The van der Waals surface area contributed by atoms with E-state index in [9.17, 15) is 4.79 Å². The lowest BCUT2D eigenvalue weighted by molar-refractivity contribution is 0.0695. The Bertz CT molecular complexity index is 390. The molecule has 3 N–H and O–H groups in total. The molecule has 88 valence electrons. The molecule has 0 bridgehead atoms. The summed E-state index contributed by atoms with van der Waals surface area (Å²) in [5.41, 5.74) is 7.79. The van der Waals surface area contributed by atoms with Gasteiger partial charge in [0.1, 0.15) is 0 Å². The van der Waals surface area contributed by atoms with Gasteiger partial charge in [-0.1, -0.05) is 23.8 Å². The molecule has 4 heteroatoms. The molecule has 1 atom stereocenters. The second-order valence-corrected chi connectivity index (χ2v) is 3.66. The first-order valence-electron chi connectivity index (χ1n) is 4.74. The van der Waals surface area contributed by atoms with Crippen LogP contribution in [0.25, 0.3) is 0 Å². The van der Waals surface area contributed by atoms with Crippen molar-refractivity contribution < 1.29 is 9.90 Å². The highest BCUT2D eigenvalue weighted by molar-refractivity contribution is 5.89. The van der Waals surface area contributed by atoms with Gasteiger partial charge in [-0.3, -0.25) is 0 Å². The number of halogens is 1. The van der Waals surface area contributed by atoms with E-state index in [0.29, 0.717) is 12.0 Å². The van der Waals surface area contributed by atoms with E-state index in [1.807, 2.05) is 6.92 Å². The van der Waals surface area contributed by atoms with Crippen molar-refractivity contribution in [2.24, 2.45) is 5.73 Å². The highest BCUT2D eigenvalue weighted by Crippen LogP contribution is 2.21. The molecule has 16 heavy (non-hydrogen) atoms. The Morgan fingerprint density at radius 1 is 1.50 bits per heavy atom. The van der Waals surface area contributed by atoms with Gasteiger partial charge in [-0.15, -0.1) is 19.0 Å². The Labute approximate surface area is 101 Å². The molecule has 0 aliphatic heterocycles. The number of aromatic carboxylic acids is 1. The number of hydrogen-bond donors (Lipinski definition) is 2. The molecule has 1 rings (SSSR count). The first-order valence-corrected chi connectivity index (χ1v) is 4.74. The molecule has 0 aliphatic rings. The van der Waals surface area contributed by atoms with Crippen molar-refractivity contribution in [3.63, 3.8) is 0 Å². The van der Waals surface area contributed by atoms with Gasteiger partial charge in [0, 0.05) is 6.04 Å². The summed E-state index contributed by atoms with van der Waals surface area (Å²) in [4.78, 5) is 10.9. The maximum Gasteiger partial charge on any atom is 0.336 e. The molecule has 0 unspecified atom stereocenters. The monoisotopic (exact) mass is 241 g/mol. The first-order chi connectivity index (χ1) is 7.02. The topological polar surface area (TPSA) is 63.3 Å². The van der Waals surface area contributed by atoms with Crippen LogP contribution in [-0.2, 0) is 0 Å². The second kappa shape index (κ2) is 6.30. The van der Waals surface area contributed by atoms with Crippen LogP contribution >= 0.6 is 12.4 Å². The Hall–Kier alpha value is -1.32. The van der Waals surface area contributed by atoms with Crippen LogP contribution in [0.5, 0.6) is 0 Å². The van der Waals surface area contributed by atoms with E-state index in [1.54, 1.807) is 24.3 Å². The van der Waals surface area contributed by atoms with E-state index in [1.165, 1.54) is 0 Å². The van der Waals surface area contributed by atoms with Crippen LogP contribution < -0.4 is 5.73 Å². The lowest BCUT2D eigenvalue weighted by Gasteiger charge is -2.14. The number of rotatable bonds is 4. The van der Waals surface area contributed by atoms with Crippen molar-refractivity contribution in [2.45, 2.75) is 19.4 Å². The molecular formula is C12H16ClNO2. The van der Waals surface area contributed by atoms with Crippen molar-refractivity contribution in [2.75, 3.05) is 0 Å². The van der Waals surface area contributed by atoms with Crippen molar-refractivity contribution in [3.8, 4) is 0 Å². The molecule has 0 aliphatic carbocycles. The minimum Gasteiger partial charge on any atom is -0.478 e. The van der Waals surface area contributed by atoms with Crippen LogP contribution in [0.15, 0.2) is 36.4 Å². The minimum atomic E-state index is -0.942.